The van der Waals surface area contributed by atoms with Crippen LogP contribution in [0.4, 0.5) is 4.39 Å². The van der Waals surface area contributed by atoms with E-state index in [1.807, 2.05) is 27.7 Å². The second kappa shape index (κ2) is 10.4. The molecule has 0 fully saturated rings. The third-order valence-corrected chi connectivity index (χ3v) is 7.05. The highest BCUT2D eigenvalue weighted by Gasteiger charge is 2.18. The molecule has 0 aliphatic carbocycles. The molecule has 3 aromatic carbocycles. The van der Waals surface area contributed by atoms with E-state index < -0.39 is 5.82 Å². The van der Waals surface area contributed by atoms with Gasteiger partial charge in [0.2, 0.25) is 0 Å². The topological polar surface area (TPSA) is 55.2 Å². The minimum atomic E-state index is -0.430. The molecule has 1 heterocycles. The van der Waals surface area contributed by atoms with E-state index in [0.29, 0.717) is 46.2 Å². The zero-order chi connectivity index (χ0) is 25.1. The van der Waals surface area contributed by atoms with Crippen LogP contribution in [0.2, 0.25) is 0 Å². The van der Waals surface area contributed by atoms with Crippen LogP contribution in [0.25, 0.3) is 16.6 Å². The molecule has 180 valence electrons. The van der Waals surface area contributed by atoms with Crippen molar-refractivity contribution in [3.8, 4) is 5.69 Å². The first-order chi connectivity index (χ1) is 16.8. The van der Waals surface area contributed by atoms with Crippen molar-refractivity contribution in [3.05, 3.63) is 99.1 Å². The first kappa shape index (κ1) is 24.7. The molecule has 0 N–H and O–H groups in total. The molecule has 4 aromatic rings. The molecule has 0 aliphatic rings. The molecule has 0 aliphatic heterocycles. The fraction of sp³-hybridized carbons (Fsp3) is 0.250. The lowest BCUT2D eigenvalue weighted by Crippen LogP contribution is -2.30. The van der Waals surface area contributed by atoms with E-state index in [-0.39, 0.29) is 11.5 Å². The van der Waals surface area contributed by atoms with Crippen molar-refractivity contribution >= 4 is 28.6 Å². The molecule has 5 nitrogen and oxygen atoms in total. The van der Waals surface area contributed by atoms with Gasteiger partial charge in [0.15, 0.2) is 5.16 Å². The molecular formula is C28H28FN3O2S. The summed E-state index contributed by atoms with van der Waals surface area (Å²) >= 11 is 1.42. The third-order valence-electron chi connectivity index (χ3n) is 6.06. The Morgan fingerprint density at radius 1 is 1.03 bits per heavy atom. The summed E-state index contributed by atoms with van der Waals surface area (Å²) in [6, 6.07) is 17.2. The Balaban J connectivity index is 1.86. The Morgan fingerprint density at radius 2 is 1.80 bits per heavy atom. The Kier molecular flexibility index (Phi) is 7.36. The molecule has 35 heavy (non-hydrogen) atoms. The van der Waals surface area contributed by atoms with E-state index in [0.717, 1.165) is 16.7 Å². The van der Waals surface area contributed by atoms with Crippen LogP contribution in [0.15, 0.2) is 70.6 Å². The van der Waals surface area contributed by atoms with Crippen LogP contribution < -0.4 is 5.56 Å². The molecule has 0 atom stereocenters. The highest BCUT2D eigenvalue weighted by Crippen LogP contribution is 2.27. The van der Waals surface area contributed by atoms with E-state index in [1.165, 1.54) is 28.5 Å². The number of rotatable bonds is 7. The molecule has 0 unspecified atom stereocenters. The van der Waals surface area contributed by atoms with Gasteiger partial charge in [-0.25, -0.2) is 9.37 Å². The first-order valence-corrected chi connectivity index (χ1v) is 12.6. The summed E-state index contributed by atoms with van der Waals surface area (Å²) in [5.74, 6) is 0.0662. The highest BCUT2D eigenvalue weighted by molar-refractivity contribution is 7.98. The maximum Gasteiger partial charge on any atom is 0.266 e. The van der Waals surface area contributed by atoms with Crippen LogP contribution in [0.5, 0.6) is 0 Å². The molecule has 1 aromatic heterocycles. The molecule has 0 bridgehead atoms. The third kappa shape index (κ3) is 5.15. The largest absolute Gasteiger partial charge is 0.339 e. The zero-order valence-electron chi connectivity index (χ0n) is 20.3. The number of halogens is 1. The fourth-order valence-electron chi connectivity index (χ4n) is 4.03. The smallest absolute Gasteiger partial charge is 0.266 e. The lowest BCUT2D eigenvalue weighted by Gasteiger charge is -2.19. The molecule has 4 rings (SSSR count). The molecule has 0 saturated carbocycles. The van der Waals surface area contributed by atoms with Crippen LogP contribution in [0.1, 0.15) is 40.9 Å². The highest BCUT2D eigenvalue weighted by atomic mass is 32.2. The lowest BCUT2D eigenvalue weighted by atomic mass is 10.1. The summed E-state index contributed by atoms with van der Waals surface area (Å²) in [6.07, 6.45) is 0. The van der Waals surface area contributed by atoms with Gasteiger partial charge in [0.05, 0.1) is 16.6 Å². The maximum atomic E-state index is 14.1. The van der Waals surface area contributed by atoms with Crippen molar-refractivity contribution in [3.63, 3.8) is 0 Å². The fourth-order valence-corrected chi connectivity index (χ4v) is 5.11. The van der Waals surface area contributed by atoms with E-state index in [1.54, 1.807) is 35.2 Å². The van der Waals surface area contributed by atoms with Gasteiger partial charge in [-0.3, -0.25) is 14.2 Å². The van der Waals surface area contributed by atoms with Crippen molar-refractivity contribution in [2.24, 2.45) is 0 Å². The summed E-state index contributed by atoms with van der Waals surface area (Å²) in [7, 11) is 0. The Bertz CT molecular complexity index is 1460. The summed E-state index contributed by atoms with van der Waals surface area (Å²) in [6.45, 7) is 9.14. The van der Waals surface area contributed by atoms with Crippen molar-refractivity contribution in [2.45, 2.75) is 38.6 Å². The van der Waals surface area contributed by atoms with Crippen LogP contribution in [0.3, 0.4) is 0 Å². The average molecular weight is 490 g/mol. The standard InChI is InChI=1S/C28H28FN3O2S/c1-5-31(6-2)26(33)20-12-13-24-25(15-20)30-28(35-17-21-14-18(3)10-11-19(21)4)32(27(24)34)23-9-7-8-22(29)16-23/h7-16H,5-6,17H2,1-4H3. The number of carbonyl (C=O) groups excluding carboxylic acids is 1. The number of benzene rings is 3. The number of thioether (sulfide) groups is 1. The number of fused-ring (bicyclic) bond motifs is 1. The van der Waals surface area contributed by atoms with Gasteiger partial charge >= 0.3 is 0 Å². The van der Waals surface area contributed by atoms with Gasteiger partial charge in [-0.2, -0.15) is 0 Å². The number of aromatic nitrogens is 2. The Hall–Kier alpha value is -3.45. The van der Waals surface area contributed by atoms with Gasteiger partial charge in [0.25, 0.3) is 11.5 Å². The van der Waals surface area contributed by atoms with E-state index in [9.17, 15) is 14.0 Å². The number of nitrogens with zero attached hydrogens (tertiary/aromatic N) is 3. The molecular weight excluding hydrogens is 461 g/mol. The predicted octanol–water partition coefficient (Wildman–Crippen LogP) is 5.92. The summed E-state index contributed by atoms with van der Waals surface area (Å²) in [5, 5.41) is 0.822. The summed E-state index contributed by atoms with van der Waals surface area (Å²) < 4.78 is 15.5. The Morgan fingerprint density at radius 3 is 2.51 bits per heavy atom. The summed E-state index contributed by atoms with van der Waals surface area (Å²) in [4.78, 5) is 33.0. The van der Waals surface area contributed by atoms with E-state index in [2.05, 4.69) is 18.2 Å². The number of carbonyl (C=O) groups is 1. The maximum absolute atomic E-state index is 14.1. The van der Waals surface area contributed by atoms with Crippen molar-refractivity contribution in [2.75, 3.05) is 13.1 Å². The summed E-state index contributed by atoms with van der Waals surface area (Å²) in [5.41, 5.74) is 4.49. The lowest BCUT2D eigenvalue weighted by molar-refractivity contribution is 0.0773. The number of hydrogen-bond donors (Lipinski definition) is 0. The number of aryl methyl sites for hydroxylation is 2. The average Bonchev–Trinajstić information content (AvgIpc) is 2.85. The minimum Gasteiger partial charge on any atom is -0.339 e. The SMILES string of the molecule is CCN(CC)C(=O)c1ccc2c(=O)n(-c3cccc(F)c3)c(SCc3cc(C)ccc3C)nc2c1. The first-order valence-electron chi connectivity index (χ1n) is 11.6. The quantitative estimate of drug-likeness (QED) is 0.239. The van der Waals surface area contributed by atoms with Crippen LogP contribution in [-0.4, -0.2) is 33.4 Å². The van der Waals surface area contributed by atoms with Crippen molar-refractivity contribution < 1.29 is 9.18 Å². The normalized spacial score (nSPS) is 11.1. The molecule has 0 saturated heterocycles. The van der Waals surface area contributed by atoms with Crippen LogP contribution >= 0.6 is 11.8 Å². The van der Waals surface area contributed by atoms with Crippen molar-refractivity contribution in [1.82, 2.24) is 14.5 Å². The molecule has 0 radical (unpaired) electrons. The van der Waals surface area contributed by atoms with Gasteiger partial charge in [0, 0.05) is 24.4 Å². The van der Waals surface area contributed by atoms with Crippen molar-refractivity contribution in [1.29, 1.82) is 0 Å². The van der Waals surface area contributed by atoms with Crippen LogP contribution in [-0.2, 0) is 5.75 Å². The molecule has 0 spiro atoms. The van der Waals surface area contributed by atoms with Gasteiger partial charge < -0.3 is 4.90 Å². The van der Waals surface area contributed by atoms with Crippen LogP contribution in [0, 0.1) is 19.7 Å². The number of hydrogen-bond acceptors (Lipinski definition) is 4. The van der Waals surface area contributed by atoms with E-state index >= 15 is 0 Å². The van der Waals surface area contributed by atoms with Gasteiger partial charge in [-0.1, -0.05) is 41.6 Å². The second-order valence-corrected chi connectivity index (χ2v) is 9.39. The zero-order valence-corrected chi connectivity index (χ0v) is 21.2. The van der Waals surface area contributed by atoms with Gasteiger partial charge in [-0.15, -0.1) is 0 Å². The molecule has 1 amide bonds. The van der Waals surface area contributed by atoms with Gasteiger partial charge in [0.1, 0.15) is 5.82 Å². The monoisotopic (exact) mass is 489 g/mol. The van der Waals surface area contributed by atoms with E-state index in [4.69, 9.17) is 4.98 Å². The Labute approximate surface area is 208 Å². The van der Waals surface area contributed by atoms with Gasteiger partial charge in [-0.05, 0) is 75.2 Å². The predicted molar refractivity (Wildman–Crippen MR) is 140 cm³/mol. The minimum absolute atomic E-state index is 0.0994. The second-order valence-electron chi connectivity index (χ2n) is 8.44. The molecule has 7 heteroatoms. The number of amides is 1.